The number of halogens is 1. The molecule has 3 aliphatic carbocycles. The summed E-state index contributed by atoms with van der Waals surface area (Å²) in [6.45, 7) is 25.0. The topological polar surface area (TPSA) is 199 Å². The van der Waals surface area contributed by atoms with Crippen LogP contribution in [0.1, 0.15) is 128 Å². The van der Waals surface area contributed by atoms with Crippen LogP contribution in [0.15, 0.2) is 96.1 Å². The smallest absolute Gasteiger partial charge is 0.338 e. The predicted molar refractivity (Wildman–Crippen MR) is 295 cm³/mol. The average molecular weight is 1120 g/mol. The maximum absolute atomic E-state index is 16.6. The van der Waals surface area contributed by atoms with E-state index in [1.54, 1.807) is 94.4 Å². The first-order chi connectivity index (χ1) is 36.0. The molecule has 2 N–H and O–H groups in total. The SMILES string of the molecule is CC[Si](CC)(CC)O[C@H]1C[C@H]2OC[C@@]2(OC(C)=O)[C@H]2[C@H](OC(=O)c3cccc(Cl)c3)[C@]3(O)C[C@H](OC(=O)[C@H](O[Si](C)(C)C(C)(C)C)[C@@H](NC(=O)c4ccccc4)c4ccccc4)C(C)=C([C@@H](OC(C)=O)C(=O)[C@]12C)C3(C)C. The summed E-state index contributed by atoms with van der Waals surface area (Å²) in [5.74, 6) is -5.96. The van der Waals surface area contributed by atoms with Crippen molar-refractivity contribution >= 4 is 63.8 Å². The third-order valence-corrected chi connectivity index (χ3v) is 27.4. The van der Waals surface area contributed by atoms with Crippen LogP contribution in [0.2, 0.25) is 41.3 Å². The van der Waals surface area contributed by atoms with Crippen molar-refractivity contribution in [3.8, 4) is 0 Å². The minimum absolute atomic E-state index is 0.0218. The van der Waals surface area contributed by atoms with Crippen molar-refractivity contribution in [1.29, 1.82) is 0 Å². The standard InChI is InChI=1S/C59H78ClNO14Si2/c1-15-77(16-2,17-3)74-43-32-44-58(34-69-44,73-37(6)63)49-51(72-53(66)40-29-24-30-41(60)31-40)59(68)33-42(35(4)45(56(59,10)11)47(70-36(5)62)50(64)57(43,49)12)71-54(67)48(75-76(13,14)55(7,8)9)46(38-25-20-18-21-26-38)61-52(65)39-27-22-19-23-28-39/h18-31,42-44,46-49,51,68H,15-17,32-34H2,1-14H3,(H,61,65)/t42-,43-,44+,46-,47+,48+,49-,51-,57+,58-,59+/m0/s1. The summed E-state index contributed by atoms with van der Waals surface area (Å²) in [5, 5.41) is 17.3. The van der Waals surface area contributed by atoms with Crippen molar-refractivity contribution in [2.45, 2.75) is 186 Å². The molecule has 7 rings (SSSR count). The quantitative estimate of drug-likeness (QED) is 0.0560. The normalized spacial score (nSPS) is 28.7. The van der Waals surface area contributed by atoms with Gasteiger partial charge in [-0.15, -0.1) is 0 Å². The van der Waals surface area contributed by atoms with Gasteiger partial charge in [0.2, 0.25) is 0 Å². The van der Waals surface area contributed by atoms with Crippen LogP contribution in [0.3, 0.4) is 0 Å². The fourth-order valence-corrected chi connectivity index (χ4v) is 16.6. The number of rotatable bonds is 17. The van der Waals surface area contributed by atoms with Crippen LogP contribution in [-0.2, 0) is 51.7 Å². The minimum Gasteiger partial charge on any atom is -0.456 e. The van der Waals surface area contributed by atoms with Gasteiger partial charge in [0.15, 0.2) is 40.2 Å². The lowest BCUT2D eigenvalue weighted by Gasteiger charge is -2.68. The largest absolute Gasteiger partial charge is 0.456 e. The van der Waals surface area contributed by atoms with E-state index in [9.17, 15) is 19.5 Å². The monoisotopic (exact) mass is 1120 g/mol. The van der Waals surface area contributed by atoms with Gasteiger partial charge in [-0.1, -0.05) is 122 Å². The van der Waals surface area contributed by atoms with Gasteiger partial charge < -0.3 is 43.0 Å². The third-order valence-electron chi connectivity index (χ3n) is 18.0. The number of benzene rings is 3. The van der Waals surface area contributed by atoms with Crippen LogP contribution in [0.4, 0.5) is 0 Å². The lowest BCUT2D eigenvalue weighted by atomic mass is 9.44. The average Bonchev–Trinajstić information content (AvgIpc) is 3.36. The molecule has 3 aromatic rings. The molecule has 4 aliphatic rings. The van der Waals surface area contributed by atoms with Gasteiger partial charge in [0.25, 0.3) is 5.91 Å². The zero-order valence-electron chi connectivity index (χ0n) is 47.1. The Bertz CT molecular complexity index is 2750. The minimum atomic E-state index is -2.95. The van der Waals surface area contributed by atoms with E-state index in [0.717, 1.165) is 0 Å². The first kappa shape index (κ1) is 59.6. The van der Waals surface area contributed by atoms with Crippen molar-refractivity contribution in [1.82, 2.24) is 5.32 Å². The van der Waals surface area contributed by atoms with Crippen molar-refractivity contribution < 1.29 is 66.4 Å². The summed E-state index contributed by atoms with van der Waals surface area (Å²) >= 11 is 6.48. The van der Waals surface area contributed by atoms with E-state index in [2.05, 4.69) is 26.1 Å². The summed E-state index contributed by atoms with van der Waals surface area (Å²) in [4.78, 5) is 88.8. The van der Waals surface area contributed by atoms with Crippen LogP contribution in [0.25, 0.3) is 0 Å². The highest BCUT2D eigenvalue weighted by Crippen LogP contribution is 2.65. The van der Waals surface area contributed by atoms with E-state index in [1.165, 1.54) is 26.0 Å². The molecule has 77 heavy (non-hydrogen) atoms. The highest BCUT2D eigenvalue weighted by atomic mass is 35.5. The van der Waals surface area contributed by atoms with Crippen molar-refractivity contribution in [2.75, 3.05) is 6.61 Å². The number of Topliss-reactive ketones (excluding diaryl/α,β-unsaturated/α-hetero) is 1. The number of carbonyl (C=O) groups is 6. The lowest BCUT2D eigenvalue weighted by Crippen LogP contribution is -2.82. The van der Waals surface area contributed by atoms with E-state index in [0.29, 0.717) is 29.3 Å². The van der Waals surface area contributed by atoms with Gasteiger partial charge in [-0.05, 0) is 97.2 Å². The number of amides is 1. The van der Waals surface area contributed by atoms with Crippen LogP contribution in [0, 0.1) is 16.7 Å². The molecule has 2 saturated carbocycles. The van der Waals surface area contributed by atoms with Crippen LogP contribution >= 0.6 is 11.6 Å². The molecular weight excluding hydrogens is 1040 g/mol. The Morgan fingerprint density at radius 2 is 1.44 bits per heavy atom. The molecular formula is C59H78ClNO14Si2. The summed E-state index contributed by atoms with van der Waals surface area (Å²) in [7, 11) is -5.63. The van der Waals surface area contributed by atoms with Crippen LogP contribution < -0.4 is 5.32 Å². The first-order valence-corrected chi connectivity index (χ1v) is 32.7. The highest BCUT2D eigenvalue weighted by Gasteiger charge is 2.79. The van der Waals surface area contributed by atoms with Gasteiger partial charge in [0, 0.05) is 42.7 Å². The number of hydrogen-bond donors (Lipinski definition) is 2. The molecule has 1 amide bonds. The molecule has 0 unspecified atom stereocenters. The molecule has 3 fully saturated rings. The van der Waals surface area contributed by atoms with Gasteiger partial charge >= 0.3 is 23.9 Å². The molecule has 18 heteroatoms. The number of nitrogens with one attached hydrogen (secondary N) is 1. The zero-order valence-corrected chi connectivity index (χ0v) is 49.8. The van der Waals surface area contributed by atoms with Crippen LogP contribution in [0.5, 0.6) is 0 Å². The molecule has 0 radical (unpaired) electrons. The molecule has 1 aliphatic heterocycles. The second-order valence-corrected chi connectivity index (χ2v) is 33.6. The summed E-state index contributed by atoms with van der Waals surface area (Å²) in [6.07, 6.45) is -8.76. The number of carbonyl (C=O) groups excluding carboxylic acids is 6. The number of hydrogen-bond acceptors (Lipinski definition) is 14. The highest BCUT2D eigenvalue weighted by molar-refractivity contribution is 6.74. The number of fused-ring (bicyclic) bond motifs is 5. The van der Waals surface area contributed by atoms with Gasteiger partial charge in [-0.3, -0.25) is 19.2 Å². The predicted octanol–water partition coefficient (Wildman–Crippen LogP) is 10.4. The first-order valence-electron chi connectivity index (χ1n) is 26.9. The zero-order chi connectivity index (χ0) is 56.8. The van der Waals surface area contributed by atoms with Crippen molar-refractivity contribution in [3.63, 3.8) is 0 Å². The second-order valence-electron chi connectivity index (χ2n) is 23.7. The van der Waals surface area contributed by atoms with Gasteiger partial charge in [0.05, 0.1) is 35.6 Å². The summed E-state index contributed by atoms with van der Waals surface area (Å²) in [6, 6.07) is 24.5. The molecule has 3 aromatic carbocycles. The Morgan fingerprint density at radius 3 is 1.97 bits per heavy atom. The Kier molecular flexibility index (Phi) is 17.2. The molecule has 11 atom stereocenters. The van der Waals surface area contributed by atoms with E-state index < -0.39 is 134 Å². The number of esters is 4. The van der Waals surface area contributed by atoms with E-state index in [1.807, 2.05) is 39.9 Å². The second kappa shape index (κ2) is 22.3. The van der Waals surface area contributed by atoms with Gasteiger partial charge in [-0.25, -0.2) is 9.59 Å². The molecule has 1 heterocycles. The van der Waals surface area contributed by atoms with E-state index in [4.69, 9.17) is 44.1 Å². The third kappa shape index (κ3) is 10.9. The van der Waals surface area contributed by atoms with Crippen LogP contribution in [-0.4, -0.2) is 112 Å². The van der Waals surface area contributed by atoms with Gasteiger partial charge in [0.1, 0.15) is 23.9 Å². The summed E-state index contributed by atoms with van der Waals surface area (Å²) in [5.41, 5.74) is -6.31. The van der Waals surface area contributed by atoms with Gasteiger partial charge in [-0.2, -0.15) is 0 Å². The molecule has 418 valence electrons. The number of aliphatic hydroxyl groups is 1. The fraction of sp³-hybridized carbons (Fsp3) is 0.559. The molecule has 1 saturated heterocycles. The number of ketones is 1. The number of ether oxygens (including phenoxy) is 5. The Hall–Kier alpha value is -5.02. The Labute approximate surface area is 460 Å². The fourth-order valence-electron chi connectivity index (χ4n) is 12.3. The Morgan fingerprint density at radius 1 is 0.844 bits per heavy atom. The van der Waals surface area contributed by atoms with Crippen molar-refractivity contribution in [2.24, 2.45) is 16.7 Å². The molecule has 2 bridgehead atoms. The van der Waals surface area contributed by atoms with E-state index >= 15 is 14.4 Å². The van der Waals surface area contributed by atoms with Crippen molar-refractivity contribution in [3.05, 3.63) is 118 Å². The lowest BCUT2D eigenvalue weighted by molar-refractivity contribution is -0.344. The molecule has 15 nitrogen and oxygen atoms in total. The Balaban J connectivity index is 1.50. The maximum atomic E-state index is 16.6. The summed E-state index contributed by atoms with van der Waals surface area (Å²) < 4.78 is 47.0. The molecule has 0 aromatic heterocycles. The van der Waals surface area contributed by atoms with E-state index in [-0.39, 0.29) is 34.8 Å². The maximum Gasteiger partial charge on any atom is 0.338 e. The molecule has 0 spiro atoms.